The summed E-state index contributed by atoms with van der Waals surface area (Å²) >= 11 is 0. The van der Waals surface area contributed by atoms with Gasteiger partial charge in [-0.05, 0) is 75.0 Å². The highest BCUT2D eigenvalue weighted by atomic mass is 16.7. The Morgan fingerprint density at radius 2 is 1.90 bits per heavy atom. The van der Waals surface area contributed by atoms with Crippen molar-refractivity contribution in [2.75, 3.05) is 20.7 Å². The lowest BCUT2D eigenvalue weighted by molar-refractivity contribution is -0.193. The van der Waals surface area contributed by atoms with Crippen molar-refractivity contribution in [1.29, 1.82) is 0 Å². The third kappa shape index (κ3) is 4.37. The highest BCUT2D eigenvalue weighted by Gasteiger charge is 2.57. The fourth-order valence-electron chi connectivity index (χ4n) is 6.79. The summed E-state index contributed by atoms with van der Waals surface area (Å²) in [6.07, 6.45) is 14.0. The predicted octanol–water partition coefficient (Wildman–Crippen LogP) is 4.74. The number of ether oxygens (including phenoxy) is 2. The van der Waals surface area contributed by atoms with Crippen LogP contribution in [0.1, 0.15) is 78.1 Å². The van der Waals surface area contributed by atoms with Crippen LogP contribution in [0, 0.1) is 28.6 Å². The van der Waals surface area contributed by atoms with Gasteiger partial charge in [0.25, 0.3) is 0 Å². The first-order valence-corrected chi connectivity index (χ1v) is 12.5. The van der Waals surface area contributed by atoms with E-state index < -0.39 is 5.41 Å². The van der Waals surface area contributed by atoms with E-state index in [9.17, 15) is 9.59 Å². The van der Waals surface area contributed by atoms with Crippen LogP contribution in [0.25, 0.3) is 0 Å². The number of hydrogen-bond donors (Lipinski definition) is 0. The van der Waals surface area contributed by atoms with Gasteiger partial charge >= 0.3 is 0 Å². The van der Waals surface area contributed by atoms with E-state index in [1.165, 1.54) is 0 Å². The number of fused-ring (bicyclic) bond motifs is 1. The van der Waals surface area contributed by atoms with Gasteiger partial charge in [0.15, 0.2) is 6.29 Å². The zero-order chi connectivity index (χ0) is 22.2. The molecule has 4 fully saturated rings. The van der Waals surface area contributed by atoms with Gasteiger partial charge < -0.3 is 14.4 Å². The van der Waals surface area contributed by atoms with Crippen molar-refractivity contribution in [2.45, 2.75) is 90.4 Å². The van der Waals surface area contributed by atoms with Crippen LogP contribution in [0.15, 0.2) is 12.2 Å². The summed E-state index contributed by atoms with van der Waals surface area (Å²) in [5, 5.41) is 0. The Morgan fingerprint density at radius 3 is 2.55 bits per heavy atom. The quantitative estimate of drug-likeness (QED) is 0.546. The standard InChI is InChI=1S/C26H41NO4/c1-18(19-11-12-20-21(28)8-7-14-25(19,20)2)10-13-22(31-23-9-5-6-17-30-23)26(15-16-26)24(29)27(3)4/h10,13,18-20,22-23H,5-9,11-12,14-17H2,1-4H3/b13-10+/t18?,19?,20-,22+,23+,25+/m0/s1. The van der Waals surface area contributed by atoms with Crippen molar-refractivity contribution in [3.8, 4) is 0 Å². The number of carbonyl (C=O) groups is 2. The molecule has 0 radical (unpaired) electrons. The maximum Gasteiger partial charge on any atom is 0.231 e. The van der Waals surface area contributed by atoms with Crippen LogP contribution in [-0.2, 0) is 19.1 Å². The molecule has 0 bridgehead atoms. The fraction of sp³-hybridized carbons (Fsp3) is 0.846. The van der Waals surface area contributed by atoms with E-state index >= 15 is 0 Å². The Bertz CT molecular complexity index is 706. The Morgan fingerprint density at radius 1 is 1.13 bits per heavy atom. The average Bonchev–Trinajstić information content (AvgIpc) is 3.47. The molecule has 31 heavy (non-hydrogen) atoms. The first-order chi connectivity index (χ1) is 14.8. The van der Waals surface area contributed by atoms with E-state index in [4.69, 9.17) is 9.47 Å². The summed E-state index contributed by atoms with van der Waals surface area (Å²) < 4.78 is 12.3. The van der Waals surface area contributed by atoms with Crippen LogP contribution in [0.4, 0.5) is 0 Å². The Balaban J connectivity index is 1.51. The maximum atomic E-state index is 13.0. The van der Waals surface area contributed by atoms with Gasteiger partial charge in [0, 0.05) is 33.0 Å². The monoisotopic (exact) mass is 431 g/mol. The van der Waals surface area contributed by atoms with Gasteiger partial charge in [0.2, 0.25) is 5.91 Å². The molecule has 1 heterocycles. The summed E-state index contributed by atoms with van der Waals surface area (Å²) in [4.78, 5) is 27.2. The number of ketones is 1. The molecular formula is C26H41NO4. The molecule has 6 atom stereocenters. The van der Waals surface area contributed by atoms with E-state index in [0.717, 1.165) is 70.8 Å². The van der Waals surface area contributed by atoms with E-state index in [1.807, 2.05) is 14.1 Å². The minimum Gasteiger partial charge on any atom is -0.353 e. The van der Waals surface area contributed by atoms with E-state index in [-0.39, 0.29) is 29.6 Å². The van der Waals surface area contributed by atoms with Gasteiger partial charge in [-0.3, -0.25) is 9.59 Å². The van der Waals surface area contributed by atoms with Crippen molar-refractivity contribution in [3.05, 3.63) is 12.2 Å². The van der Waals surface area contributed by atoms with Gasteiger partial charge in [-0.2, -0.15) is 0 Å². The third-order valence-electron chi connectivity index (χ3n) is 8.76. The molecule has 174 valence electrons. The molecule has 1 saturated heterocycles. The molecule has 3 saturated carbocycles. The summed E-state index contributed by atoms with van der Waals surface area (Å²) in [5.74, 6) is 1.77. The molecule has 2 unspecified atom stereocenters. The highest BCUT2D eigenvalue weighted by molar-refractivity contribution is 5.86. The van der Waals surface area contributed by atoms with E-state index in [0.29, 0.717) is 17.6 Å². The molecule has 5 heteroatoms. The van der Waals surface area contributed by atoms with Crippen LogP contribution < -0.4 is 0 Å². The van der Waals surface area contributed by atoms with Crippen molar-refractivity contribution >= 4 is 11.7 Å². The third-order valence-corrected chi connectivity index (χ3v) is 8.76. The lowest BCUT2D eigenvalue weighted by Gasteiger charge is -2.41. The lowest BCUT2D eigenvalue weighted by Crippen LogP contribution is -2.42. The van der Waals surface area contributed by atoms with Crippen molar-refractivity contribution < 1.29 is 19.1 Å². The number of amides is 1. The number of hydrogen-bond acceptors (Lipinski definition) is 4. The van der Waals surface area contributed by atoms with Crippen molar-refractivity contribution in [1.82, 2.24) is 4.90 Å². The van der Waals surface area contributed by atoms with E-state index in [1.54, 1.807) is 4.90 Å². The lowest BCUT2D eigenvalue weighted by atomic mass is 9.62. The van der Waals surface area contributed by atoms with Gasteiger partial charge in [-0.1, -0.05) is 26.0 Å². The number of nitrogens with zero attached hydrogens (tertiary/aromatic N) is 1. The SMILES string of the molecule is CC(/C=C/[C@@H](O[C@@H]1CCCCO1)C1(C(=O)N(C)C)CC1)C1CC[C@H]2C(=O)CCC[C@]12C. The van der Waals surface area contributed by atoms with Crippen LogP contribution in [0.3, 0.4) is 0 Å². The average molecular weight is 432 g/mol. The van der Waals surface area contributed by atoms with Crippen LogP contribution in [0.2, 0.25) is 0 Å². The Hall–Kier alpha value is -1.20. The van der Waals surface area contributed by atoms with Crippen molar-refractivity contribution in [3.63, 3.8) is 0 Å². The second-order valence-electron chi connectivity index (χ2n) is 11.0. The minimum atomic E-state index is -0.441. The van der Waals surface area contributed by atoms with E-state index in [2.05, 4.69) is 26.0 Å². The van der Waals surface area contributed by atoms with Crippen molar-refractivity contribution in [2.24, 2.45) is 28.6 Å². The molecule has 4 rings (SSSR count). The molecule has 3 aliphatic carbocycles. The summed E-state index contributed by atoms with van der Waals surface area (Å²) in [6, 6.07) is 0. The summed E-state index contributed by atoms with van der Waals surface area (Å²) in [6.45, 7) is 5.37. The van der Waals surface area contributed by atoms with Gasteiger partial charge in [-0.25, -0.2) is 0 Å². The molecule has 0 aromatic carbocycles. The zero-order valence-corrected chi connectivity index (χ0v) is 19.9. The largest absolute Gasteiger partial charge is 0.353 e. The minimum absolute atomic E-state index is 0.124. The molecule has 4 aliphatic rings. The molecule has 0 aromatic heterocycles. The second-order valence-corrected chi connectivity index (χ2v) is 11.0. The first kappa shape index (κ1) is 23.0. The molecule has 0 spiro atoms. The van der Waals surface area contributed by atoms with Gasteiger partial charge in [0.1, 0.15) is 5.78 Å². The van der Waals surface area contributed by atoms with Gasteiger partial charge in [-0.15, -0.1) is 0 Å². The molecular weight excluding hydrogens is 390 g/mol. The molecule has 5 nitrogen and oxygen atoms in total. The van der Waals surface area contributed by atoms with Crippen LogP contribution in [0.5, 0.6) is 0 Å². The molecule has 1 aliphatic heterocycles. The predicted molar refractivity (Wildman–Crippen MR) is 120 cm³/mol. The zero-order valence-electron chi connectivity index (χ0n) is 19.9. The number of Topliss-reactive ketones (excluding diaryl/α,β-unsaturated/α-hetero) is 1. The molecule has 0 N–H and O–H groups in total. The number of rotatable bonds is 7. The number of allylic oxidation sites excluding steroid dienone is 1. The highest BCUT2D eigenvalue weighted by Crippen LogP contribution is 2.57. The van der Waals surface area contributed by atoms with Crippen LogP contribution in [-0.4, -0.2) is 49.7 Å². The summed E-state index contributed by atoms with van der Waals surface area (Å²) in [7, 11) is 3.67. The summed E-state index contributed by atoms with van der Waals surface area (Å²) in [5.41, 5.74) is -0.317. The van der Waals surface area contributed by atoms with Crippen LogP contribution >= 0.6 is 0 Å². The molecule has 0 aromatic rings. The Kier molecular flexibility index (Phi) is 6.65. The Labute approximate surface area is 187 Å². The number of carbonyl (C=O) groups excluding carboxylic acids is 2. The first-order valence-electron chi connectivity index (χ1n) is 12.5. The fourth-order valence-corrected chi connectivity index (χ4v) is 6.79. The molecule has 1 amide bonds. The maximum absolute atomic E-state index is 13.0. The normalized spacial score (nSPS) is 36.8. The smallest absolute Gasteiger partial charge is 0.231 e. The topological polar surface area (TPSA) is 55.8 Å². The van der Waals surface area contributed by atoms with Gasteiger partial charge in [0.05, 0.1) is 11.5 Å². The second kappa shape index (κ2) is 8.97.